The molecule has 0 aliphatic heterocycles. The summed E-state index contributed by atoms with van der Waals surface area (Å²) >= 11 is 0. The van der Waals surface area contributed by atoms with Crippen molar-refractivity contribution in [2.24, 2.45) is 5.92 Å². The van der Waals surface area contributed by atoms with Crippen LogP contribution in [0.3, 0.4) is 0 Å². The maximum atomic E-state index is 11.3. The second-order valence-electron chi connectivity index (χ2n) is 4.56. The quantitative estimate of drug-likeness (QED) is 0.488. The fraction of sp³-hybridized carbons (Fsp3) is 0.769. The van der Waals surface area contributed by atoms with Crippen LogP contribution in [0.5, 0.6) is 0 Å². The van der Waals surface area contributed by atoms with E-state index in [0.717, 1.165) is 18.9 Å². The third-order valence-electron chi connectivity index (χ3n) is 3.16. The molecule has 1 saturated carbocycles. The van der Waals surface area contributed by atoms with E-state index in [9.17, 15) is 4.79 Å². The number of carbonyl (C=O) groups excluding carboxylic acids is 1. The first kappa shape index (κ1) is 13.2. The molecule has 1 fully saturated rings. The van der Waals surface area contributed by atoms with Gasteiger partial charge in [-0.1, -0.05) is 31.8 Å². The molecule has 0 heterocycles. The highest BCUT2D eigenvalue weighted by molar-refractivity contribution is 5.77. The molecule has 0 saturated heterocycles. The summed E-state index contributed by atoms with van der Waals surface area (Å²) in [6.07, 6.45) is 9.76. The summed E-state index contributed by atoms with van der Waals surface area (Å²) in [5, 5.41) is 5.92. The van der Waals surface area contributed by atoms with E-state index in [-0.39, 0.29) is 5.91 Å². The Bertz CT molecular complexity index is 210. The van der Waals surface area contributed by atoms with E-state index in [2.05, 4.69) is 17.2 Å². The van der Waals surface area contributed by atoms with E-state index in [1.807, 2.05) is 0 Å². The summed E-state index contributed by atoms with van der Waals surface area (Å²) in [4.78, 5) is 11.3. The molecule has 3 heteroatoms. The SMILES string of the molecule is C=CCNCC(=O)NCCCC1CCCC1. The Labute approximate surface area is 98.7 Å². The van der Waals surface area contributed by atoms with E-state index in [0.29, 0.717) is 13.1 Å². The molecule has 92 valence electrons. The van der Waals surface area contributed by atoms with Gasteiger partial charge in [-0.25, -0.2) is 0 Å². The third-order valence-corrected chi connectivity index (χ3v) is 3.16. The Hall–Kier alpha value is -0.830. The van der Waals surface area contributed by atoms with Gasteiger partial charge in [0.1, 0.15) is 0 Å². The van der Waals surface area contributed by atoms with Crippen LogP contribution in [0, 0.1) is 5.92 Å². The van der Waals surface area contributed by atoms with Crippen molar-refractivity contribution in [3.8, 4) is 0 Å². The highest BCUT2D eigenvalue weighted by Gasteiger charge is 2.13. The lowest BCUT2D eigenvalue weighted by Gasteiger charge is -2.09. The van der Waals surface area contributed by atoms with Crippen molar-refractivity contribution in [2.45, 2.75) is 38.5 Å². The highest BCUT2D eigenvalue weighted by atomic mass is 16.1. The Morgan fingerprint density at radius 3 is 2.81 bits per heavy atom. The second-order valence-corrected chi connectivity index (χ2v) is 4.56. The van der Waals surface area contributed by atoms with E-state index in [1.54, 1.807) is 6.08 Å². The van der Waals surface area contributed by atoms with Gasteiger partial charge in [0.15, 0.2) is 0 Å². The molecule has 0 spiro atoms. The van der Waals surface area contributed by atoms with Gasteiger partial charge >= 0.3 is 0 Å². The fourth-order valence-electron chi connectivity index (χ4n) is 2.27. The minimum atomic E-state index is 0.0910. The summed E-state index contributed by atoms with van der Waals surface area (Å²) in [6, 6.07) is 0. The average molecular weight is 224 g/mol. The van der Waals surface area contributed by atoms with Gasteiger partial charge < -0.3 is 10.6 Å². The molecule has 1 aliphatic rings. The maximum Gasteiger partial charge on any atom is 0.233 e. The molecule has 0 aromatic heterocycles. The Morgan fingerprint density at radius 1 is 1.38 bits per heavy atom. The Balaban J connectivity index is 1.89. The van der Waals surface area contributed by atoms with Gasteiger partial charge in [-0.2, -0.15) is 0 Å². The number of nitrogens with one attached hydrogen (secondary N) is 2. The lowest BCUT2D eigenvalue weighted by molar-refractivity contribution is -0.120. The molecule has 1 rings (SSSR count). The van der Waals surface area contributed by atoms with Gasteiger partial charge in [0.2, 0.25) is 5.91 Å². The van der Waals surface area contributed by atoms with Crippen molar-refractivity contribution in [2.75, 3.05) is 19.6 Å². The normalized spacial score (nSPS) is 16.2. The Kier molecular flexibility index (Phi) is 6.90. The highest BCUT2D eigenvalue weighted by Crippen LogP contribution is 2.28. The van der Waals surface area contributed by atoms with Gasteiger partial charge in [-0.3, -0.25) is 4.79 Å². The standard InChI is InChI=1S/C13H24N2O/c1-2-9-14-11-13(16)15-10-5-8-12-6-3-4-7-12/h2,12,14H,1,3-11H2,(H,15,16). The first-order valence-electron chi connectivity index (χ1n) is 6.41. The summed E-state index contributed by atoms with van der Waals surface area (Å²) in [7, 11) is 0. The molecule has 0 aromatic rings. The van der Waals surface area contributed by atoms with Crippen molar-refractivity contribution in [1.29, 1.82) is 0 Å². The predicted octanol–water partition coefficient (Wildman–Crippen LogP) is 1.85. The summed E-state index contributed by atoms with van der Waals surface area (Å²) < 4.78 is 0. The summed E-state index contributed by atoms with van der Waals surface area (Å²) in [5.74, 6) is 1.02. The van der Waals surface area contributed by atoms with Crippen LogP contribution in [-0.4, -0.2) is 25.5 Å². The third kappa shape index (κ3) is 5.91. The van der Waals surface area contributed by atoms with Crippen molar-refractivity contribution in [3.05, 3.63) is 12.7 Å². The molecule has 0 bridgehead atoms. The summed E-state index contributed by atoms with van der Waals surface area (Å²) in [6.45, 7) is 5.50. The van der Waals surface area contributed by atoms with Crippen molar-refractivity contribution in [3.63, 3.8) is 0 Å². The molecule has 3 nitrogen and oxygen atoms in total. The van der Waals surface area contributed by atoms with Crippen LogP contribution < -0.4 is 10.6 Å². The van der Waals surface area contributed by atoms with Crippen LogP contribution in [0.25, 0.3) is 0 Å². The van der Waals surface area contributed by atoms with Crippen LogP contribution in [0.4, 0.5) is 0 Å². The van der Waals surface area contributed by atoms with E-state index < -0.39 is 0 Å². The van der Waals surface area contributed by atoms with Gasteiger partial charge in [0.25, 0.3) is 0 Å². The molecule has 0 aromatic carbocycles. The van der Waals surface area contributed by atoms with Crippen molar-refractivity contribution < 1.29 is 4.79 Å². The predicted molar refractivity (Wildman–Crippen MR) is 67.3 cm³/mol. The van der Waals surface area contributed by atoms with Crippen LogP contribution in [0.1, 0.15) is 38.5 Å². The smallest absolute Gasteiger partial charge is 0.233 e. The van der Waals surface area contributed by atoms with E-state index in [1.165, 1.54) is 32.1 Å². The largest absolute Gasteiger partial charge is 0.355 e. The van der Waals surface area contributed by atoms with Crippen LogP contribution >= 0.6 is 0 Å². The minimum Gasteiger partial charge on any atom is -0.355 e. The molecule has 1 aliphatic carbocycles. The maximum absolute atomic E-state index is 11.3. The first-order chi connectivity index (χ1) is 7.83. The number of amides is 1. The zero-order chi connectivity index (χ0) is 11.6. The fourth-order valence-corrected chi connectivity index (χ4v) is 2.27. The molecule has 0 radical (unpaired) electrons. The van der Waals surface area contributed by atoms with Gasteiger partial charge in [-0.05, 0) is 18.8 Å². The molecular weight excluding hydrogens is 200 g/mol. The van der Waals surface area contributed by atoms with E-state index in [4.69, 9.17) is 0 Å². The number of carbonyl (C=O) groups is 1. The number of hydrogen-bond acceptors (Lipinski definition) is 2. The topological polar surface area (TPSA) is 41.1 Å². The van der Waals surface area contributed by atoms with Crippen LogP contribution in [-0.2, 0) is 4.79 Å². The van der Waals surface area contributed by atoms with Gasteiger partial charge in [-0.15, -0.1) is 6.58 Å². The minimum absolute atomic E-state index is 0.0910. The average Bonchev–Trinajstić information content (AvgIpc) is 2.78. The first-order valence-corrected chi connectivity index (χ1v) is 6.41. The molecule has 2 N–H and O–H groups in total. The zero-order valence-corrected chi connectivity index (χ0v) is 10.1. The zero-order valence-electron chi connectivity index (χ0n) is 10.1. The second kappa shape index (κ2) is 8.34. The lowest BCUT2D eigenvalue weighted by Crippen LogP contribution is -2.34. The van der Waals surface area contributed by atoms with Gasteiger partial charge in [0, 0.05) is 13.1 Å². The molecular formula is C13H24N2O. The molecule has 16 heavy (non-hydrogen) atoms. The Morgan fingerprint density at radius 2 is 2.12 bits per heavy atom. The van der Waals surface area contributed by atoms with Crippen molar-refractivity contribution in [1.82, 2.24) is 10.6 Å². The molecule has 0 unspecified atom stereocenters. The number of hydrogen-bond donors (Lipinski definition) is 2. The van der Waals surface area contributed by atoms with Gasteiger partial charge in [0.05, 0.1) is 6.54 Å². The molecule has 0 atom stereocenters. The van der Waals surface area contributed by atoms with E-state index >= 15 is 0 Å². The van der Waals surface area contributed by atoms with Crippen molar-refractivity contribution >= 4 is 5.91 Å². The number of rotatable bonds is 8. The molecule has 1 amide bonds. The van der Waals surface area contributed by atoms with Crippen LogP contribution in [0.2, 0.25) is 0 Å². The summed E-state index contributed by atoms with van der Waals surface area (Å²) in [5.41, 5.74) is 0. The monoisotopic (exact) mass is 224 g/mol. The lowest BCUT2D eigenvalue weighted by atomic mass is 10.0. The van der Waals surface area contributed by atoms with Crippen LogP contribution in [0.15, 0.2) is 12.7 Å².